The fraction of sp³-hybridized carbons (Fsp3) is 0.0164. The Hall–Kier alpha value is -8.55. The highest BCUT2D eigenvalue weighted by atomic mass is 19.4. The Labute approximate surface area is 388 Å². The van der Waals surface area contributed by atoms with Crippen LogP contribution in [0.5, 0.6) is 0 Å². The van der Waals surface area contributed by atoms with Gasteiger partial charge in [-0.3, -0.25) is 0 Å². The highest BCUT2D eigenvalue weighted by molar-refractivity contribution is 6.14. The number of fused-ring (bicyclic) bond motifs is 6. The number of nitrogens with zero attached hydrogens (tertiary/aromatic N) is 2. The van der Waals surface area contributed by atoms with Crippen LogP contribution in [-0.4, -0.2) is 9.13 Å². The lowest BCUT2D eigenvalue weighted by Crippen LogP contribution is -2.12. The molecule has 0 unspecified atom stereocenters. The van der Waals surface area contributed by atoms with E-state index in [0.29, 0.717) is 22.1 Å². The van der Waals surface area contributed by atoms with Crippen molar-refractivity contribution in [2.45, 2.75) is 6.18 Å². The zero-order valence-electron chi connectivity index (χ0n) is 36.1. The van der Waals surface area contributed by atoms with Crippen LogP contribution in [0.15, 0.2) is 224 Å². The molecular formula is C61H37F5N2. The third-order valence-electron chi connectivity index (χ3n) is 13.1. The summed E-state index contributed by atoms with van der Waals surface area (Å²) in [5.74, 6) is -1.83. The highest BCUT2D eigenvalue weighted by Gasteiger charge is 2.35. The monoisotopic (exact) mass is 892 g/mol. The van der Waals surface area contributed by atoms with Gasteiger partial charge in [0.15, 0.2) is 0 Å². The largest absolute Gasteiger partial charge is 0.416 e. The van der Waals surface area contributed by atoms with Gasteiger partial charge < -0.3 is 9.13 Å². The van der Waals surface area contributed by atoms with E-state index in [0.717, 1.165) is 90.3 Å². The zero-order valence-corrected chi connectivity index (χ0v) is 36.1. The van der Waals surface area contributed by atoms with Crippen molar-refractivity contribution in [3.05, 3.63) is 242 Å². The van der Waals surface area contributed by atoms with Crippen molar-refractivity contribution in [2.75, 3.05) is 0 Å². The SMILES string of the molecule is Fc1cccc(F)c1-c1c(-n2c3ccc(-c4ccccc4)cc3c3cc(-c4ccccc4)ccc32)cc(C(F)(F)F)cc1-n1c2ccc(-c3ccccc3)cc2c2cc(-c3ccccc3)ccc21. The van der Waals surface area contributed by atoms with E-state index >= 15 is 22.0 Å². The Kier molecular flexibility index (Phi) is 9.69. The van der Waals surface area contributed by atoms with Crippen molar-refractivity contribution >= 4 is 43.6 Å². The predicted molar refractivity (Wildman–Crippen MR) is 267 cm³/mol. The molecule has 0 atom stereocenters. The van der Waals surface area contributed by atoms with Crippen LogP contribution in [-0.2, 0) is 6.18 Å². The molecule has 2 heterocycles. The molecule has 0 aliphatic heterocycles. The van der Waals surface area contributed by atoms with Crippen molar-refractivity contribution < 1.29 is 22.0 Å². The van der Waals surface area contributed by atoms with Gasteiger partial charge in [0.05, 0.1) is 44.6 Å². The number of rotatable bonds is 7. The van der Waals surface area contributed by atoms with Gasteiger partial charge in [-0.15, -0.1) is 0 Å². The summed E-state index contributed by atoms with van der Waals surface area (Å²) in [6.45, 7) is 0. The second-order valence-corrected chi connectivity index (χ2v) is 17.0. The molecule has 12 rings (SSSR count). The second-order valence-electron chi connectivity index (χ2n) is 17.0. The lowest BCUT2D eigenvalue weighted by molar-refractivity contribution is -0.137. The van der Waals surface area contributed by atoms with Crippen LogP contribution in [0.25, 0.3) is 111 Å². The first kappa shape index (κ1) is 40.9. The third-order valence-corrected chi connectivity index (χ3v) is 13.1. The lowest BCUT2D eigenvalue weighted by Gasteiger charge is -2.23. The maximum Gasteiger partial charge on any atom is 0.416 e. The van der Waals surface area contributed by atoms with Crippen LogP contribution in [0.2, 0.25) is 0 Å². The number of alkyl halides is 3. The molecule has 12 aromatic rings. The van der Waals surface area contributed by atoms with Crippen LogP contribution in [0.1, 0.15) is 5.56 Å². The summed E-state index contributed by atoms with van der Waals surface area (Å²) in [5, 5.41) is 3.04. The summed E-state index contributed by atoms with van der Waals surface area (Å²) < 4.78 is 84.5. The van der Waals surface area contributed by atoms with Gasteiger partial charge in [0.1, 0.15) is 11.6 Å². The normalized spacial score (nSPS) is 11.9. The molecular weight excluding hydrogens is 856 g/mol. The number of benzene rings is 10. The average Bonchev–Trinajstić information content (AvgIpc) is 3.88. The summed E-state index contributed by atoms with van der Waals surface area (Å²) >= 11 is 0. The molecule has 0 amide bonds. The molecule has 0 bridgehead atoms. The maximum absolute atomic E-state index is 16.9. The van der Waals surface area contributed by atoms with Gasteiger partial charge in [-0.25, -0.2) is 8.78 Å². The Morgan fingerprint density at radius 3 is 0.853 bits per heavy atom. The van der Waals surface area contributed by atoms with Crippen LogP contribution in [0.3, 0.4) is 0 Å². The summed E-state index contributed by atoms with van der Waals surface area (Å²) in [6.07, 6.45) is -4.87. The Bertz CT molecular complexity index is 3460. The molecule has 7 heteroatoms. The van der Waals surface area contributed by atoms with E-state index in [4.69, 9.17) is 0 Å². The molecule has 10 aromatic carbocycles. The summed E-state index contributed by atoms with van der Waals surface area (Å²) in [7, 11) is 0. The lowest BCUT2D eigenvalue weighted by atomic mass is 9.96. The number of aromatic nitrogens is 2. The smallest absolute Gasteiger partial charge is 0.309 e. The van der Waals surface area contributed by atoms with E-state index in [-0.39, 0.29) is 16.9 Å². The molecule has 0 aliphatic carbocycles. The Morgan fingerprint density at radius 1 is 0.279 bits per heavy atom. The van der Waals surface area contributed by atoms with E-state index < -0.39 is 28.9 Å². The number of halogens is 5. The number of hydrogen-bond donors (Lipinski definition) is 0. The standard InChI is InChI=1S/C61H37F5N2/c62-51-22-13-23-52(63)59(51)60-57(67-53-28-24-42(38-14-5-1-6-15-38)32-47(53)48-33-43(25-29-54(48)67)39-16-7-2-8-17-39)36-46(61(64,65)66)37-58(60)68-55-30-26-44(40-18-9-3-10-19-40)34-49(55)50-35-45(27-31-56(50)68)41-20-11-4-12-21-41/h1-37H. The van der Waals surface area contributed by atoms with Gasteiger partial charge in [-0.05, 0) is 117 Å². The molecule has 0 spiro atoms. The third kappa shape index (κ3) is 6.85. The molecule has 0 aliphatic rings. The fourth-order valence-corrected chi connectivity index (χ4v) is 9.93. The van der Waals surface area contributed by atoms with Gasteiger partial charge in [-0.1, -0.05) is 152 Å². The first-order valence-electron chi connectivity index (χ1n) is 22.3. The van der Waals surface area contributed by atoms with Crippen molar-refractivity contribution in [3.8, 4) is 67.0 Å². The fourth-order valence-electron chi connectivity index (χ4n) is 9.93. The van der Waals surface area contributed by atoms with E-state index in [1.54, 1.807) is 9.13 Å². The molecule has 68 heavy (non-hydrogen) atoms. The minimum absolute atomic E-state index is 0.0319. The zero-order chi connectivity index (χ0) is 46.1. The Morgan fingerprint density at radius 2 is 0.574 bits per heavy atom. The predicted octanol–water partition coefficient (Wildman–Crippen LogP) is 17.5. The van der Waals surface area contributed by atoms with E-state index in [2.05, 4.69) is 0 Å². The Balaban J connectivity index is 1.24. The van der Waals surface area contributed by atoms with Crippen molar-refractivity contribution in [1.29, 1.82) is 0 Å². The minimum atomic E-state index is -4.87. The minimum Gasteiger partial charge on any atom is -0.309 e. The summed E-state index contributed by atoms with van der Waals surface area (Å²) in [5.41, 5.74) is 8.20. The van der Waals surface area contributed by atoms with Gasteiger partial charge in [0.25, 0.3) is 0 Å². The van der Waals surface area contributed by atoms with Crippen LogP contribution >= 0.6 is 0 Å². The molecule has 0 saturated carbocycles. The summed E-state index contributed by atoms with van der Waals surface area (Å²) in [4.78, 5) is 0. The van der Waals surface area contributed by atoms with Crippen LogP contribution in [0, 0.1) is 11.6 Å². The van der Waals surface area contributed by atoms with E-state index in [1.807, 2.05) is 194 Å². The molecule has 2 nitrogen and oxygen atoms in total. The summed E-state index contributed by atoms with van der Waals surface area (Å²) in [6, 6.07) is 68.5. The van der Waals surface area contributed by atoms with Gasteiger partial charge in [0.2, 0.25) is 0 Å². The van der Waals surface area contributed by atoms with Crippen molar-refractivity contribution in [1.82, 2.24) is 9.13 Å². The van der Waals surface area contributed by atoms with Crippen molar-refractivity contribution in [2.24, 2.45) is 0 Å². The van der Waals surface area contributed by atoms with Crippen molar-refractivity contribution in [3.63, 3.8) is 0 Å². The van der Waals surface area contributed by atoms with Crippen LogP contribution < -0.4 is 0 Å². The maximum atomic E-state index is 16.9. The molecule has 0 radical (unpaired) electrons. The average molecular weight is 893 g/mol. The number of hydrogen-bond acceptors (Lipinski definition) is 0. The first-order valence-corrected chi connectivity index (χ1v) is 22.3. The molecule has 0 N–H and O–H groups in total. The molecule has 0 fully saturated rings. The van der Waals surface area contributed by atoms with Gasteiger partial charge in [-0.2, -0.15) is 13.2 Å². The van der Waals surface area contributed by atoms with Gasteiger partial charge >= 0.3 is 6.18 Å². The van der Waals surface area contributed by atoms with Crippen LogP contribution in [0.4, 0.5) is 22.0 Å². The molecule has 326 valence electrons. The first-order chi connectivity index (χ1) is 33.2. The van der Waals surface area contributed by atoms with E-state index in [9.17, 15) is 0 Å². The quantitative estimate of drug-likeness (QED) is 0.141. The molecule has 2 aromatic heterocycles. The van der Waals surface area contributed by atoms with Gasteiger partial charge in [0, 0.05) is 27.1 Å². The highest BCUT2D eigenvalue weighted by Crippen LogP contribution is 2.48. The topological polar surface area (TPSA) is 9.86 Å². The molecule has 0 saturated heterocycles. The second kappa shape index (κ2) is 16.1. The van der Waals surface area contributed by atoms with E-state index in [1.165, 1.54) is 6.07 Å².